The zero-order valence-corrected chi connectivity index (χ0v) is 17.5. The Morgan fingerprint density at radius 2 is 2.13 bits per heavy atom. The summed E-state index contributed by atoms with van der Waals surface area (Å²) in [6, 6.07) is 9.32. The minimum absolute atomic E-state index is 0.0524. The lowest BCUT2D eigenvalue weighted by Crippen LogP contribution is -2.48. The number of benzene rings is 1. The molecule has 2 fully saturated rings. The van der Waals surface area contributed by atoms with E-state index in [0.29, 0.717) is 24.5 Å². The molecule has 2 bridgehead atoms. The second-order valence-electron chi connectivity index (χ2n) is 8.30. The van der Waals surface area contributed by atoms with Crippen LogP contribution >= 0.6 is 0 Å². The Morgan fingerprint density at radius 1 is 1.33 bits per heavy atom. The fraction of sp³-hybridized carbons (Fsp3) is 0.478. The van der Waals surface area contributed by atoms with Gasteiger partial charge in [0.1, 0.15) is 5.82 Å². The Labute approximate surface area is 176 Å². The zero-order chi connectivity index (χ0) is 21.3. The van der Waals surface area contributed by atoms with Crippen molar-refractivity contribution in [3.05, 3.63) is 53.5 Å². The topological polar surface area (TPSA) is 80.5 Å². The Balaban J connectivity index is 1.51. The number of nitrogens with zero attached hydrogens (tertiary/aromatic N) is 2. The monoisotopic (exact) mass is 412 g/mol. The fourth-order valence-electron chi connectivity index (χ4n) is 5.31. The standard InChI is InChI=1S/C23H29FN4O2/c1-3-23(22(29)27-13-15-7-5-11-26-21(15)25)12-17-9-10-19(23)28(17)14-16-6-4-8-18(30-2)20(16)24/h4-8,11,17,19H,3,9-10,12-14H2,1-2H3,(H2,25,26)(H,27,29)/t17-,19+,23+/m0/s1. The number of fused-ring (bicyclic) bond motifs is 2. The summed E-state index contributed by atoms with van der Waals surface area (Å²) in [7, 11) is 1.48. The Hall–Kier alpha value is -2.67. The molecule has 0 aliphatic carbocycles. The first kappa shape index (κ1) is 20.6. The maximum atomic E-state index is 14.7. The number of halogens is 1. The van der Waals surface area contributed by atoms with Crippen LogP contribution in [0.2, 0.25) is 0 Å². The zero-order valence-electron chi connectivity index (χ0n) is 17.5. The lowest BCUT2D eigenvalue weighted by Gasteiger charge is -2.35. The number of aromatic nitrogens is 1. The van der Waals surface area contributed by atoms with Crippen LogP contribution in [-0.2, 0) is 17.9 Å². The van der Waals surface area contributed by atoms with E-state index in [0.717, 1.165) is 31.2 Å². The molecule has 7 heteroatoms. The number of nitrogen functional groups attached to an aromatic ring is 1. The quantitative estimate of drug-likeness (QED) is 0.730. The molecular formula is C23H29FN4O2. The molecule has 3 N–H and O–H groups in total. The van der Waals surface area contributed by atoms with Gasteiger partial charge in [-0.1, -0.05) is 25.1 Å². The third-order valence-electron chi connectivity index (χ3n) is 6.95. The van der Waals surface area contributed by atoms with Gasteiger partial charge in [0, 0.05) is 42.5 Å². The van der Waals surface area contributed by atoms with E-state index >= 15 is 0 Å². The SMILES string of the molecule is CC[C@@]1(C(=O)NCc2cccnc2N)C[C@@H]2CC[C@H]1N2Cc1cccc(OC)c1F. The van der Waals surface area contributed by atoms with Gasteiger partial charge < -0.3 is 15.8 Å². The summed E-state index contributed by atoms with van der Waals surface area (Å²) in [5.74, 6) is 0.431. The molecule has 0 radical (unpaired) electrons. The molecule has 2 aromatic rings. The minimum atomic E-state index is -0.463. The fourth-order valence-corrected chi connectivity index (χ4v) is 5.31. The third kappa shape index (κ3) is 3.41. The number of methoxy groups -OCH3 is 1. The largest absolute Gasteiger partial charge is 0.494 e. The number of carbonyl (C=O) groups is 1. The minimum Gasteiger partial charge on any atom is -0.494 e. The first-order valence-electron chi connectivity index (χ1n) is 10.5. The molecule has 6 nitrogen and oxygen atoms in total. The third-order valence-corrected chi connectivity index (χ3v) is 6.95. The summed E-state index contributed by atoms with van der Waals surface area (Å²) in [5, 5.41) is 3.09. The Bertz CT molecular complexity index is 937. The molecule has 3 heterocycles. The molecule has 160 valence electrons. The molecule has 0 saturated carbocycles. The van der Waals surface area contributed by atoms with Gasteiger partial charge >= 0.3 is 0 Å². The van der Waals surface area contributed by atoms with Crippen molar-refractivity contribution >= 4 is 11.7 Å². The number of hydrogen-bond acceptors (Lipinski definition) is 5. The number of hydrogen-bond donors (Lipinski definition) is 2. The van der Waals surface area contributed by atoms with E-state index in [-0.39, 0.29) is 29.6 Å². The van der Waals surface area contributed by atoms with Crippen LogP contribution in [0.5, 0.6) is 5.75 Å². The van der Waals surface area contributed by atoms with E-state index in [1.54, 1.807) is 18.3 Å². The maximum Gasteiger partial charge on any atom is 0.228 e. The van der Waals surface area contributed by atoms with Crippen molar-refractivity contribution in [2.45, 2.75) is 57.8 Å². The van der Waals surface area contributed by atoms with Gasteiger partial charge in [0.15, 0.2) is 11.6 Å². The number of amides is 1. The summed E-state index contributed by atoms with van der Waals surface area (Å²) in [5.41, 5.74) is 6.88. The first-order chi connectivity index (χ1) is 14.5. The Morgan fingerprint density at radius 3 is 2.87 bits per heavy atom. The lowest BCUT2D eigenvalue weighted by atomic mass is 9.71. The molecule has 2 saturated heterocycles. The summed E-state index contributed by atoms with van der Waals surface area (Å²) in [6.45, 7) is 2.92. The van der Waals surface area contributed by atoms with Crippen LogP contribution in [0.1, 0.15) is 43.7 Å². The van der Waals surface area contributed by atoms with Crippen LogP contribution < -0.4 is 15.8 Å². The highest BCUT2D eigenvalue weighted by molar-refractivity contribution is 5.84. The van der Waals surface area contributed by atoms with E-state index in [9.17, 15) is 9.18 Å². The summed E-state index contributed by atoms with van der Waals surface area (Å²) in [6.07, 6.45) is 5.18. The van der Waals surface area contributed by atoms with Crippen LogP contribution in [0.25, 0.3) is 0 Å². The average molecular weight is 413 g/mol. The molecular weight excluding hydrogens is 383 g/mol. The molecule has 2 aliphatic rings. The van der Waals surface area contributed by atoms with Crippen LogP contribution in [0.15, 0.2) is 36.5 Å². The molecule has 1 aromatic heterocycles. The summed E-state index contributed by atoms with van der Waals surface area (Å²) in [4.78, 5) is 19.7. The van der Waals surface area contributed by atoms with Gasteiger partial charge in [0.2, 0.25) is 5.91 Å². The molecule has 1 amide bonds. The number of anilines is 1. The van der Waals surface area contributed by atoms with Crippen LogP contribution in [0, 0.1) is 11.2 Å². The van der Waals surface area contributed by atoms with Gasteiger partial charge in [0.25, 0.3) is 0 Å². The molecule has 4 rings (SSSR count). The molecule has 3 atom stereocenters. The van der Waals surface area contributed by atoms with Crippen molar-refractivity contribution in [2.75, 3.05) is 12.8 Å². The molecule has 0 unspecified atom stereocenters. The number of pyridine rings is 1. The highest BCUT2D eigenvalue weighted by atomic mass is 19.1. The highest BCUT2D eigenvalue weighted by Crippen LogP contribution is 2.52. The van der Waals surface area contributed by atoms with Gasteiger partial charge in [-0.05, 0) is 37.8 Å². The second-order valence-corrected chi connectivity index (χ2v) is 8.30. The van der Waals surface area contributed by atoms with Gasteiger partial charge in [-0.2, -0.15) is 0 Å². The van der Waals surface area contributed by atoms with Crippen molar-refractivity contribution in [1.82, 2.24) is 15.2 Å². The molecule has 1 aromatic carbocycles. The second kappa shape index (κ2) is 8.22. The number of carbonyl (C=O) groups excluding carboxylic acids is 1. The smallest absolute Gasteiger partial charge is 0.228 e. The van der Waals surface area contributed by atoms with Crippen LogP contribution in [0.3, 0.4) is 0 Å². The van der Waals surface area contributed by atoms with Gasteiger partial charge in [-0.3, -0.25) is 9.69 Å². The predicted molar refractivity (Wildman–Crippen MR) is 113 cm³/mol. The van der Waals surface area contributed by atoms with Crippen molar-refractivity contribution in [2.24, 2.45) is 5.41 Å². The van der Waals surface area contributed by atoms with Gasteiger partial charge in [-0.15, -0.1) is 0 Å². The van der Waals surface area contributed by atoms with Gasteiger partial charge in [0.05, 0.1) is 12.5 Å². The average Bonchev–Trinajstić information content (AvgIpc) is 3.29. The van der Waals surface area contributed by atoms with E-state index in [1.165, 1.54) is 7.11 Å². The number of ether oxygens (including phenoxy) is 1. The van der Waals surface area contributed by atoms with Crippen LogP contribution in [-0.4, -0.2) is 35.0 Å². The van der Waals surface area contributed by atoms with E-state index in [1.807, 2.05) is 18.2 Å². The summed E-state index contributed by atoms with van der Waals surface area (Å²) < 4.78 is 19.9. The van der Waals surface area contributed by atoms with Crippen LogP contribution in [0.4, 0.5) is 10.2 Å². The number of nitrogens with two attached hydrogens (primary N) is 1. The highest BCUT2D eigenvalue weighted by Gasteiger charge is 2.58. The van der Waals surface area contributed by atoms with E-state index in [2.05, 4.69) is 22.1 Å². The molecule has 0 spiro atoms. The summed E-state index contributed by atoms with van der Waals surface area (Å²) >= 11 is 0. The van der Waals surface area contributed by atoms with Crippen molar-refractivity contribution < 1.29 is 13.9 Å². The molecule has 2 aliphatic heterocycles. The van der Waals surface area contributed by atoms with E-state index < -0.39 is 5.41 Å². The van der Waals surface area contributed by atoms with E-state index in [4.69, 9.17) is 10.5 Å². The lowest BCUT2D eigenvalue weighted by molar-refractivity contribution is -0.133. The molecule has 30 heavy (non-hydrogen) atoms. The first-order valence-corrected chi connectivity index (χ1v) is 10.5. The predicted octanol–water partition coefficient (Wildman–Crippen LogP) is 3.26. The number of nitrogens with one attached hydrogen (secondary N) is 1. The number of rotatable bonds is 7. The van der Waals surface area contributed by atoms with Crippen molar-refractivity contribution in [3.63, 3.8) is 0 Å². The normalized spacial score (nSPS) is 25.4. The van der Waals surface area contributed by atoms with Gasteiger partial charge in [-0.25, -0.2) is 9.37 Å². The maximum absolute atomic E-state index is 14.7. The van der Waals surface area contributed by atoms with Crippen molar-refractivity contribution in [1.29, 1.82) is 0 Å². The van der Waals surface area contributed by atoms with Crippen molar-refractivity contribution in [3.8, 4) is 5.75 Å². The Kier molecular flexibility index (Phi) is 5.64.